The second kappa shape index (κ2) is 13.3. The van der Waals surface area contributed by atoms with Gasteiger partial charge >= 0.3 is 6.18 Å². The van der Waals surface area contributed by atoms with Crippen molar-refractivity contribution in [3.05, 3.63) is 29.8 Å². The van der Waals surface area contributed by atoms with Crippen LogP contribution in [-0.4, -0.2) is 94.7 Å². The highest BCUT2D eigenvalue weighted by Gasteiger charge is 2.43. The van der Waals surface area contributed by atoms with Gasteiger partial charge in [0.2, 0.25) is 11.8 Å². The Morgan fingerprint density at radius 3 is 2.35 bits per heavy atom. The molecule has 0 spiro atoms. The third kappa shape index (κ3) is 9.68. The number of para-hydroxylation sites is 1. The van der Waals surface area contributed by atoms with Crippen LogP contribution in [0.3, 0.4) is 0 Å². The van der Waals surface area contributed by atoms with E-state index >= 15 is 0 Å². The second-order valence-corrected chi connectivity index (χ2v) is 11.2. The van der Waals surface area contributed by atoms with Crippen LogP contribution in [0.15, 0.2) is 24.3 Å². The number of β-amino-alcohol motifs (C(OH)–C–C–N with tert-alkyl or cyclic N) is 1. The van der Waals surface area contributed by atoms with E-state index in [4.69, 9.17) is 4.74 Å². The minimum atomic E-state index is -4.61. The first-order chi connectivity index (χ1) is 18.4. The molecule has 1 aromatic carbocycles. The molecule has 1 heterocycles. The van der Waals surface area contributed by atoms with Gasteiger partial charge < -0.3 is 30.3 Å². The molecule has 40 heavy (non-hydrogen) atoms. The number of carbonyl (C=O) groups is 4. The van der Waals surface area contributed by atoms with Gasteiger partial charge in [0, 0.05) is 38.0 Å². The molecule has 0 bridgehead atoms. The minimum absolute atomic E-state index is 0.00529. The van der Waals surface area contributed by atoms with Crippen LogP contribution in [0.5, 0.6) is 5.75 Å². The summed E-state index contributed by atoms with van der Waals surface area (Å²) < 4.78 is 44.9. The van der Waals surface area contributed by atoms with E-state index in [1.807, 2.05) is 0 Å². The number of alkyl halides is 3. The predicted octanol–water partition coefficient (Wildman–Crippen LogP) is 2.25. The SMILES string of the molecule is CC(C)N(C)C(=O)[C@H]1C[C@H](O)CN1C(=O)C(CCC(F)(F)F)NC(=O)c1ccccc1OCC(=O)NC(C)(C)C. The molecule has 0 saturated carbocycles. The molecule has 1 unspecified atom stereocenters. The molecule has 10 nitrogen and oxygen atoms in total. The molecular weight excluding hydrogens is 533 g/mol. The molecule has 1 fully saturated rings. The number of aliphatic hydroxyl groups excluding tert-OH is 1. The summed E-state index contributed by atoms with van der Waals surface area (Å²) in [6.07, 6.45) is -7.88. The Kier molecular flexibility index (Phi) is 11.0. The van der Waals surface area contributed by atoms with Crippen LogP contribution in [0, 0.1) is 0 Å². The zero-order valence-corrected chi connectivity index (χ0v) is 23.7. The van der Waals surface area contributed by atoms with Gasteiger partial charge in [0.25, 0.3) is 11.8 Å². The first-order valence-corrected chi connectivity index (χ1v) is 13.0. The van der Waals surface area contributed by atoms with Gasteiger partial charge in [-0.05, 0) is 53.2 Å². The molecule has 1 aliphatic rings. The molecule has 0 aromatic heterocycles. The van der Waals surface area contributed by atoms with Crippen LogP contribution in [0.25, 0.3) is 0 Å². The van der Waals surface area contributed by atoms with Gasteiger partial charge in [0.15, 0.2) is 6.61 Å². The molecule has 2 rings (SSSR count). The zero-order chi connectivity index (χ0) is 30.4. The summed E-state index contributed by atoms with van der Waals surface area (Å²) in [5, 5.41) is 15.3. The Morgan fingerprint density at radius 1 is 1.15 bits per heavy atom. The predicted molar refractivity (Wildman–Crippen MR) is 140 cm³/mol. The average Bonchev–Trinajstić information content (AvgIpc) is 3.23. The van der Waals surface area contributed by atoms with Crippen LogP contribution in [0.2, 0.25) is 0 Å². The van der Waals surface area contributed by atoms with Crippen LogP contribution >= 0.6 is 0 Å². The lowest BCUT2D eigenvalue weighted by molar-refractivity contribution is -0.148. The van der Waals surface area contributed by atoms with Gasteiger partial charge in [-0.2, -0.15) is 13.2 Å². The van der Waals surface area contributed by atoms with Gasteiger partial charge in [-0.1, -0.05) is 12.1 Å². The number of carbonyl (C=O) groups excluding carboxylic acids is 4. The van der Waals surface area contributed by atoms with E-state index in [0.717, 1.165) is 4.90 Å². The molecular formula is C27H39F3N4O6. The number of nitrogens with zero attached hydrogens (tertiary/aromatic N) is 2. The molecule has 224 valence electrons. The number of likely N-dealkylation sites (N-methyl/N-ethyl adjacent to an activating group) is 1. The van der Waals surface area contributed by atoms with Gasteiger partial charge in [-0.25, -0.2) is 0 Å². The third-order valence-electron chi connectivity index (χ3n) is 6.29. The lowest BCUT2D eigenvalue weighted by Gasteiger charge is -2.32. The number of benzene rings is 1. The number of hydrogen-bond acceptors (Lipinski definition) is 6. The summed E-state index contributed by atoms with van der Waals surface area (Å²) in [6, 6.07) is 2.86. The molecule has 1 saturated heterocycles. The number of halogens is 3. The van der Waals surface area contributed by atoms with Gasteiger partial charge in [-0.3, -0.25) is 19.2 Å². The summed E-state index contributed by atoms with van der Waals surface area (Å²) in [4.78, 5) is 54.3. The van der Waals surface area contributed by atoms with Crippen LogP contribution in [-0.2, 0) is 14.4 Å². The first-order valence-electron chi connectivity index (χ1n) is 13.0. The monoisotopic (exact) mass is 572 g/mol. The number of aliphatic hydroxyl groups is 1. The van der Waals surface area contributed by atoms with Gasteiger partial charge in [0.05, 0.1) is 11.7 Å². The molecule has 0 radical (unpaired) electrons. The van der Waals surface area contributed by atoms with E-state index in [2.05, 4.69) is 10.6 Å². The Labute approximate surface area is 232 Å². The molecule has 0 aliphatic carbocycles. The Bertz CT molecular complexity index is 1070. The smallest absolute Gasteiger partial charge is 0.389 e. The summed E-state index contributed by atoms with van der Waals surface area (Å²) in [6.45, 7) is 8.18. The number of ether oxygens (including phenoxy) is 1. The number of amides is 4. The van der Waals surface area contributed by atoms with E-state index in [9.17, 15) is 37.5 Å². The van der Waals surface area contributed by atoms with Crippen molar-refractivity contribution < 1.29 is 42.2 Å². The van der Waals surface area contributed by atoms with Crippen molar-refractivity contribution in [2.75, 3.05) is 20.2 Å². The molecule has 1 aromatic rings. The summed E-state index contributed by atoms with van der Waals surface area (Å²) in [7, 11) is 1.53. The Morgan fingerprint density at radius 2 is 1.77 bits per heavy atom. The van der Waals surface area contributed by atoms with Crippen molar-refractivity contribution in [2.24, 2.45) is 0 Å². The molecule has 3 atom stereocenters. The standard InChI is InChI=1S/C27H39F3N4O6/c1-16(2)33(6)25(39)20-13-17(35)14-34(20)24(38)19(11-12-27(28,29)30)31-23(37)18-9-7-8-10-21(18)40-15-22(36)32-26(3,4)5/h7-10,16-17,19-20,35H,11-15H2,1-6H3,(H,31,37)(H,32,36)/t17-,19?,20+/m0/s1. The van der Waals surface area contributed by atoms with Crippen molar-refractivity contribution in [2.45, 2.75) is 89.8 Å². The summed E-state index contributed by atoms with van der Waals surface area (Å²) >= 11 is 0. The minimum Gasteiger partial charge on any atom is -0.483 e. The topological polar surface area (TPSA) is 128 Å². The summed E-state index contributed by atoms with van der Waals surface area (Å²) in [5.41, 5.74) is -0.611. The van der Waals surface area contributed by atoms with Crippen molar-refractivity contribution in [1.29, 1.82) is 0 Å². The number of likely N-dealkylation sites (tertiary alicyclic amines) is 1. The highest BCUT2D eigenvalue weighted by Crippen LogP contribution is 2.27. The van der Waals surface area contributed by atoms with E-state index in [1.165, 1.54) is 30.1 Å². The lowest BCUT2D eigenvalue weighted by Crippen LogP contribution is -2.54. The first kappa shape index (κ1) is 32.9. The lowest BCUT2D eigenvalue weighted by atomic mass is 10.1. The number of rotatable bonds is 10. The van der Waals surface area contributed by atoms with Crippen molar-refractivity contribution in [3.8, 4) is 5.75 Å². The maximum absolute atomic E-state index is 13.5. The second-order valence-electron chi connectivity index (χ2n) is 11.2. The quantitative estimate of drug-likeness (QED) is 0.395. The normalized spacial score (nSPS) is 18.3. The van der Waals surface area contributed by atoms with Crippen molar-refractivity contribution in [1.82, 2.24) is 20.4 Å². The fourth-order valence-electron chi connectivity index (χ4n) is 4.16. The van der Waals surface area contributed by atoms with E-state index in [1.54, 1.807) is 40.7 Å². The van der Waals surface area contributed by atoms with Crippen molar-refractivity contribution >= 4 is 23.6 Å². The third-order valence-corrected chi connectivity index (χ3v) is 6.29. The van der Waals surface area contributed by atoms with E-state index in [0.29, 0.717) is 0 Å². The molecule has 3 N–H and O–H groups in total. The molecule has 1 aliphatic heterocycles. The van der Waals surface area contributed by atoms with Crippen LogP contribution in [0.4, 0.5) is 13.2 Å². The van der Waals surface area contributed by atoms with Crippen LogP contribution < -0.4 is 15.4 Å². The van der Waals surface area contributed by atoms with Gasteiger partial charge in [-0.15, -0.1) is 0 Å². The largest absolute Gasteiger partial charge is 0.483 e. The van der Waals surface area contributed by atoms with Crippen LogP contribution in [0.1, 0.15) is 64.2 Å². The Balaban J connectivity index is 2.28. The highest BCUT2D eigenvalue weighted by molar-refractivity contribution is 6.00. The van der Waals surface area contributed by atoms with E-state index in [-0.39, 0.29) is 30.3 Å². The Hall–Kier alpha value is -3.35. The van der Waals surface area contributed by atoms with Gasteiger partial charge in [0.1, 0.15) is 17.8 Å². The summed E-state index contributed by atoms with van der Waals surface area (Å²) in [5.74, 6) is -2.72. The maximum Gasteiger partial charge on any atom is 0.389 e. The number of hydrogen-bond donors (Lipinski definition) is 3. The highest BCUT2D eigenvalue weighted by atomic mass is 19.4. The fraction of sp³-hybridized carbons (Fsp3) is 0.630. The molecule has 4 amide bonds. The van der Waals surface area contributed by atoms with Crippen molar-refractivity contribution in [3.63, 3.8) is 0 Å². The fourth-order valence-corrected chi connectivity index (χ4v) is 4.16. The van der Waals surface area contributed by atoms with E-state index < -0.39 is 73.0 Å². The average molecular weight is 573 g/mol. The number of nitrogens with one attached hydrogen (secondary N) is 2. The molecule has 13 heteroatoms. The zero-order valence-electron chi connectivity index (χ0n) is 23.7. The maximum atomic E-state index is 13.5.